The van der Waals surface area contributed by atoms with Gasteiger partial charge in [-0.25, -0.2) is 4.68 Å². The van der Waals surface area contributed by atoms with Gasteiger partial charge in [0, 0.05) is 12.8 Å². The van der Waals surface area contributed by atoms with Crippen LogP contribution in [0.25, 0.3) is 0 Å². The van der Waals surface area contributed by atoms with Crippen LogP contribution in [0, 0.1) is 0 Å². The summed E-state index contributed by atoms with van der Waals surface area (Å²) in [6.45, 7) is 5.10. The maximum atomic E-state index is 5.70. The third kappa shape index (κ3) is 4.29. The van der Waals surface area contributed by atoms with E-state index in [1.54, 1.807) is 14.2 Å². The van der Waals surface area contributed by atoms with Gasteiger partial charge in [0.05, 0.1) is 52.0 Å². The van der Waals surface area contributed by atoms with Gasteiger partial charge in [-0.1, -0.05) is 30.3 Å². The van der Waals surface area contributed by atoms with E-state index in [2.05, 4.69) is 56.8 Å². The second-order valence-electron chi connectivity index (χ2n) is 7.41. The molecular weight excluding hydrogens is 380 g/mol. The standard InChI is InChI=1S/C22H28N6O2/c1-29-17-16-28-22(23-24-25-28)21(19-10-6-7-11-20(19)30-2)27-14-12-26(13-15-27)18-8-4-3-5-9-18/h3-11,21H,12-17H2,1-2H3/p+1/t21-/m0/s1. The van der Waals surface area contributed by atoms with Gasteiger partial charge < -0.3 is 19.3 Å². The number of hydrogen-bond donors (Lipinski definition) is 1. The van der Waals surface area contributed by atoms with Crippen molar-refractivity contribution in [1.82, 2.24) is 20.2 Å². The highest BCUT2D eigenvalue weighted by molar-refractivity contribution is 5.46. The zero-order valence-electron chi connectivity index (χ0n) is 17.6. The van der Waals surface area contributed by atoms with E-state index in [4.69, 9.17) is 9.47 Å². The third-order valence-electron chi connectivity index (χ3n) is 5.71. The number of tetrazole rings is 1. The van der Waals surface area contributed by atoms with Crippen LogP contribution >= 0.6 is 0 Å². The molecule has 8 nitrogen and oxygen atoms in total. The molecule has 1 saturated heterocycles. The quantitative estimate of drug-likeness (QED) is 0.594. The van der Waals surface area contributed by atoms with Crippen molar-refractivity contribution >= 4 is 5.69 Å². The molecule has 0 unspecified atom stereocenters. The second kappa shape index (κ2) is 9.69. The number of aromatic nitrogens is 4. The van der Waals surface area contributed by atoms with Gasteiger partial charge in [-0.2, -0.15) is 0 Å². The fraction of sp³-hybridized carbons (Fsp3) is 0.409. The van der Waals surface area contributed by atoms with Crippen molar-refractivity contribution in [2.75, 3.05) is 51.9 Å². The lowest BCUT2D eigenvalue weighted by Crippen LogP contribution is -3.15. The Morgan fingerprint density at radius 1 is 1.00 bits per heavy atom. The first-order chi connectivity index (χ1) is 14.8. The Labute approximate surface area is 177 Å². The summed E-state index contributed by atoms with van der Waals surface area (Å²) in [6, 6.07) is 18.8. The summed E-state index contributed by atoms with van der Waals surface area (Å²) in [4.78, 5) is 3.87. The monoisotopic (exact) mass is 409 g/mol. The number of nitrogens with one attached hydrogen (secondary N) is 1. The molecule has 0 spiro atoms. The van der Waals surface area contributed by atoms with Crippen LogP contribution < -0.4 is 14.5 Å². The minimum atomic E-state index is -0.00840. The molecule has 2 aromatic carbocycles. The molecule has 0 amide bonds. The molecule has 30 heavy (non-hydrogen) atoms. The molecule has 0 aliphatic carbocycles. The van der Waals surface area contributed by atoms with Gasteiger partial charge in [-0.3, -0.25) is 0 Å². The van der Waals surface area contributed by atoms with Crippen LogP contribution in [0.5, 0.6) is 5.75 Å². The number of benzene rings is 2. The molecule has 1 aliphatic rings. The summed E-state index contributed by atoms with van der Waals surface area (Å²) in [5.74, 6) is 1.71. The summed E-state index contributed by atoms with van der Waals surface area (Å²) in [6.07, 6.45) is 0. The summed E-state index contributed by atoms with van der Waals surface area (Å²) >= 11 is 0. The normalized spacial score (nSPS) is 15.9. The van der Waals surface area contributed by atoms with Gasteiger partial charge in [0.1, 0.15) is 5.75 Å². The minimum absolute atomic E-state index is 0.00840. The molecule has 0 bridgehead atoms. The topological polar surface area (TPSA) is 69.7 Å². The van der Waals surface area contributed by atoms with E-state index in [1.807, 2.05) is 22.9 Å². The minimum Gasteiger partial charge on any atom is -0.496 e. The van der Waals surface area contributed by atoms with Gasteiger partial charge in [0.15, 0.2) is 6.04 Å². The number of rotatable bonds is 8. The maximum Gasteiger partial charge on any atom is 0.214 e. The van der Waals surface area contributed by atoms with Crippen molar-refractivity contribution in [1.29, 1.82) is 0 Å². The molecule has 8 heteroatoms. The number of piperazine rings is 1. The summed E-state index contributed by atoms with van der Waals surface area (Å²) in [5, 5.41) is 12.6. The number of ether oxygens (including phenoxy) is 2. The molecule has 1 atom stereocenters. The molecule has 0 saturated carbocycles. The Hall–Kier alpha value is -2.97. The number of nitrogens with zero attached hydrogens (tertiary/aromatic N) is 5. The van der Waals surface area contributed by atoms with Crippen LogP contribution in [0.15, 0.2) is 54.6 Å². The van der Waals surface area contributed by atoms with E-state index < -0.39 is 0 Å². The molecule has 0 radical (unpaired) electrons. The predicted molar refractivity (Wildman–Crippen MR) is 114 cm³/mol. The van der Waals surface area contributed by atoms with Gasteiger partial charge in [0.2, 0.25) is 5.82 Å². The van der Waals surface area contributed by atoms with Crippen molar-refractivity contribution < 1.29 is 14.4 Å². The first kappa shape index (κ1) is 20.3. The summed E-state index contributed by atoms with van der Waals surface area (Å²) < 4.78 is 12.8. The van der Waals surface area contributed by atoms with Gasteiger partial charge >= 0.3 is 0 Å². The Bertz CT molecular complexity index is 924. The van der Waals surface area contributed by atoms with E-state index in [0.717, 1.165) is 43.3 Å². The Balaban J connectivity index is 1.63. The zero-order valence-corrected chi connectivity index (χ0v) is 17.6. The van der Waals surface area contributed by atoms with E-state index in [0.29, 0.717) is 13.2 Å². The van der Waals surface area contributed by atoms with Crippen molar-refractivity contribution in [2.45, 2.75) is 12.6 Å². The largest absolute Gasteiger partial charge is 0.496 e. The number of methoxy groups -OCH3 is 2. The molecule has 2 heterocycles. The summed E-state index contributed by atoms with van der Waals surface area (Å²) in [5.41, 5.74) is 2.38. The highest BCUT2D eigenvalue weighted by Gasteiger charge is 2.36. The van der Waals surface area contributed by atoms with Crippen molar-refractivity contribution in [3.8, 4) is 5.75 Å². The second-order valence-corrected chi connectivity index (χ2v) is 7.41. The van der Waals surface area contributed by atoms with Crippen molar-refractivity contribution in [3.63, 3.8) is 0 Å². The Morgan fingerprint density at radius 3 is 2.47 bits per heavy atom. The lowest BCUT2D eigenvalue weighted by Gasteiger charge is -2.37. The van der Waals surface area contributed by atoms with Crippen LogP contribution in [-0.4, -0.2) is 67.2 Å². The number of quaternary nitrogens is 1. The van der Waals surface area contributed by atoms with E-state index in [1.165, 1.54) is 10.6 Å². The van der Waals surface area contributed by atoms with E-state index in [9.17, 15) is 0 Å². The van der Waals surface area contributed by atoms with Crippen LogP contribution in [0.1, 0.15) is 17.4 Å². The molecule has 1 aliphatic heterocycles. The number of hydrogen-bond acceptors (Lipinski definition) is 6. The maximum absolute atomic E-state index is 5.70. The third-order valence-corrected chi connectivity index (χ3v) is 5.71. The van der Waals surface area contributed by atoms with Crippen LogP contribution in [0.2, 0.25) is 0 Å². The van der Waals surface area contributed by atoms with Crippen LogP contribution in [0.3, 0.4) is 0 Å². The lowest BCUT2D eigenvalue weighted by atomic mass is 10.0. The molecule has 1 fully saturated rings. The van der Waals surface area contributed by atoms with E-state index >= 15 is 0 Å². The fourth-order valence-electron chi connectivity index (χ4n) is 4.18. The summed E-state index contributed by atoms with van der Waals surface area (Å²) in [7, 11) is 3.41. The number of para-hydroxylation sites is 2. The van der Waals surface area contributed by atoms with Crippen LogP contribution in [0.4, 0.5) is 5.69 Å². The lowest BCUT2D eigenvalue weighted by molar-refractivity contribution is -0.927. The highest BCUT2D eigenvalue weighted by Crippen LogP contribution is 2.27. The number of anilines is 1. The SMILES string of the molecule is COCCn1nnnc1[C@H](c1ccccc1OC)[NH+]1CCN(c2ccccc2)CC1. The smallest absolute Gasteiger partial charge is 0.214 e. The van der Waals surface area contributed by atoms with Gasteiger partial charge in [0.25, 0.3) is 0 Å². The fourth-order valence-corrected chi connectivity index (χ4v) is 4.18. The first-order valence-electron chi connectivity index (χ1n) is 10.3. The molecule has 4 rings (SSSR count). The van der Waals surface area contributed by atoms with Crippen molar-refractivity contribution in [2.24, 2.45) is 0 Å². The average molecular weight is 410 g/mol. The van der Waals surface area contributed by atoms with Gasteiger partial charge in [-0.05, 0) is 34.7 Å². The van der Waals surface area contributed by atoms with Crippen LogP contribution in [-0.2, 0) is 11.3 Å². The molecule has 1 aromatic heterocycles. The van der Waals surface area contributed by atoms with Gasteiger partial charge in [-0.15, -0.1) is 5.10 Å². The first-order valence-corrected chi connectivity index (χ1v) is 10.3. The Morgan fingerprint density at radius 2 is 1.73 bits per heavy atom. The molecule has 158 valence electrons. The predicted octanol–water partition coefficient (Wildman–Crippen LogP) is 0.823. The Kier molecular flexibility index (Phi) is 6.56. The highest BCUT2D eigenvalue weighted by atomic mass is 16.5. The van der Waals surface area contributed by atoms with E-state index in [-0.39, 0.29) is 6.04 Å². The van der Waals surface area contributed by atoms with Crippen molar-refractivity contribution in [3.05, 3.63) is 66.0 Å². The molecule has 3 aromatic rings. The average Bonchev–Trinajstić information content (AvgIpc) is 3.27. The zero-order chi connectivity index (χ0) is 20.8. The molecule has 1 N–H and O–H groups in total. The molecular formula is C22H29N6O2+.